The van der Waals surface area contributed by atoms with E-state index in [1.807, 2.05) is 12.1 Å². The van der Waals surface area contributed by atoms with Crippen molar-refractivity contribution in [1.29, 1.82) is 0 Å². The molecule has 3 heteroatoms. The van der Waals surface area contributed by atoms with Crippen molar-refractivity contribution in [2.45, 2.75) is 39.2 Å². The van der Waals surface area contributed by atoms with Gasteiger partial charge in [-0.2, -0.15) is 0 Å². The van der Waals surface area contributed by atoms with Gasteiger partial charge in [-0.25, -0.2) is 0 Å². The molecule has 0 unspecified atom stereocenters. The molecule has 2 aromatic carbocycles. The number of hydrogen-bond acceptors (Lipinski definition) is 2. The van der Waals surface area contributed by atoms with Gasteiger partial charge in [0.15, 0.2) is 11.5 Å². The fourth-order valence-electron chi connectivity index (χ4n) is 2.69. The molecular formula is C21H30NO2+. The van der Waals surface area contributed by atoms with E-state index >= 15 is 0 Å². The maximum atomic E-state index is 5.91. The van der Waals surface area contributed by atoms with Crippen LogP contribution in [0.25, 0.3) is 0 Å². The standard InChI is InChI=1S/C21H29NO2/c1-3-4-8-14-22-17-19-11-12-20(21(16-19)23-2)24-15-13-18-9-6-5-7-10-18/h5-7,9-12,16,22H,3-4,8,13-15,17H2,1-2H3/p+1. The van der Waals surface area contributed by atoms with Gasteiger partial charge < -0.3 is 14.8 Å². The lowest BCUT2D eigenvalue weighted by Crippen LogP contribution is -2.82. The molecule has 2 aromatic rings. The van der Waals surface area contributed by atoms with Crippen LogP contribution in [-0.4, -0.2) is 20.3 Å². The third-order valence-corrected chi connectivity index (χ3v) is 4.11. The van der Waals surface area contributed by atoms with Crippen molar-refractivity contribution >= 4 is 0 Å². The van der Waals surface area contributed by atoms with E-state index in [2.05, 4.69) is 48.6 Å². The number of unbranched alkanes of at least 4 members (excludes halogenated alkanes) is 2. The fourth-order valence-corrected chi connectivity index (χ4v) is 2.69. The van der Waals surface area contributed by atoms with E-state index in [1.165, 1.54) is 36.9 Å². The zero-order valence-corrected chi connectivity index (χ0v) is 15.0. The van der Waals surface area contributed by atoms with Gasteiger partial charge in [-0.05, 0) is 36.6 Å². The molecule has 0 heterocycles. The Kier molecular flexibility index (Phi) is 8.19. The molecule has 130 valence electrons. The van der Waals surface area contributed by atoms with Gasteiger partial charge in [-0.3, -0.25) is 0 Å². The third kappa shape index (κ3) is 6.25. The van der Waals surface area contributed by atoms with E-state index in [0.717, 1.165) is 24.5 Å². The second-order valence-corrected chi connectivity index (χ2v) is 6.06. The largest absolute Gasteiger partial charge is 0.493 e. The Bertz CT molecular complexity index is 584. The molecule has 0 bridgehead atoms. The van der Waals surface area contributed by atoms with Gasteiger partial charge in [0.05, 0.1) is 20.3 Å². The molecule has 0 radical (unpaired) electrons. The van der Waals surface area contributed by atoms with Crippen LogP contribution < -0.4 is 14.8 Å². The first-order valence-corrected chi connectivity index (χ1v) is 8.98. The Hall–Kier alpha value is -2.00. The van der Waals surface area contributed by atoms with Crippen molar-refractivity contribution in [3.8, 4) is 11.5 Å². The van der Waals surface area contributed by atoms with Crippen molar-refractivity contribution in [2.75, 3.05) is 20.3 Å². The van der Waals surface area contributed by atoms with Gasteiger partial charge in [0.25, 0.3) is 0 Å². The average molecular weight is 328 g/mol. The highest BCUT2D eigenvalue weighted by Crippen LogP contribution is 2.28. The van der Waals surface area contributed by atoms with Gasteiger partial charge in [0, 0.05) is 12.0 Å². The Labute approximate surface area is 146 Å². The first-order valence-electron chi connectivity index (χ1n) is 8.98. The molecule has 0 aliphatic heterocycles. The Morgan fingerprint density at radius 2 is 1.75 bits per heavy atom. The number of ether oxygens (including phenoxy) is 2. The van der Waals surface area contributed by atoms with E-state index in [4.69, 9.17) is 9.47 Å². The smallest absolute Gasteiger partial charge is 0.161 e. The van der Waals surface area contributed by atoms with Crippen LogP contribution >= 0.6 is 0 Å². The van der Waals surface area contributed by atoms with Crippen molar-refractivity contribution in [2.24, 2.45) is 0 Å². The maximum Gasteiger partial charge on any atom is 0.161 e. The summed E-state index contributed by atoms with van der Waals surface area (Å²) in [5, 5.41) is 2.36. The summed E-state index contributed by atoms with van der Waals surface area (Å²) in [4.78, 5) is 0. The summed E-state index contributed by atoms with van der Waals surface area (Å²) in [5.74, 6) is 1.64. The Morgan fingerprint density at radius 3 is 2.50 bits per heavy atom. The molecule has 0 aliphatic rings. The number of nitrogens with two attached hydrogens (primary N) is 1. The van der Waals surface area contributed by atoms with Crippen LogP contribution in [0, 0.1) is 0 Å². The Morgan fingerprint density at radius 1 is 0.917 bits per heavy atom. The molecular weight excluding hydrogens is 298 g/mol. The van der Waals surface area contributed by atoms with Crippen LogP contribution in [0.1, 0.15) is 37.3 Å². The summed E-state index contributed by atoms with van der Waals surface area (Å²) in [6.07, 6.45) is 4.77. The molecule has 0 saturated carbocycles. The minimum atomic E-state index is 0.656. The summed E-state index contributed by atoms with van der Waals surface area (Å²) in [5.41, 5.74) is 2.56. The lowest BCUT2D eigenvalue weighted by atomic mass is 10.1. The average Bonchev–Trinajstić information content (AvgIpc) is 2.63. The lowest BCUT2D eigenvalue weighted by Gasteiger charge is -2.12. The first kappa shape index (κ1) is 18.3. The molecule has 2 N–H and O–H groups in total. The molecule has 0 aromatic heterocycles. The van der Waals surface area contributed by atoms with Crippen molar-refractivity contribution in [1.82, 2.24) is 0 Å². The van der Waals surface area contributed by atoms with E-state index in [1.54, 1.807) is 7.11 Å². The van der Waals surface area contributed by atoms with Crippen molar-refractivity contribution in [3.05, 3.63) is 59.7 Å². The molecule has 3 nitrogen and oxygen atoms in total. The normalized spacial score (nSPS) is 10.6. The quantitative estimate of drug-likeness (QED) is 0.640. The summed E-state index contributed by atoms with van der Waals surface area (Å²) in [6, 6.07) is 16.6. The first-order chi connectivity index (χ1) is 11.8. The molecule has 0 atom stereocenters. The summed E-state index contributed by atoms with van der Waals surface area (Å²) in [6.45, 7) is 5.07. The van der Waals surface area contributed by atoms with Gasteiger partial charge in [-0.15, -0.1) is 0 Å². The highest BCUT2D eigenvalue weighted by atomic mass is 16.5. The predicted molar refractivity (Wildman–Crippen MR) is 98.7 cm³/mol. The number of methoxy groups -OCH3 is 1. The number of rotatable bonds is 11. The number of quaternary nitrogens is 1. The summed E-state index contributed by atoms with van der Waals surface area (Å²) in [7, 11) is 1.70. The van der Waals surface area contributed by atoms with E-state index in [0.29, 0.717) is 6.61 Å². The fraction of sp³-hybridized carbons (Fsp3) is 0.429. The highest BCUT2D eigenvalue weighted by molar-refractivity contribution is 5.42. The summed E-state index contributed by atoms with van der Waals surface area (Å²) < 4.78 is 11.4. The molecule has 0 saturated heterocycles. The van der Waals surface area contributed by atoms with Crippen LogP contribution in [0.5, 0.6) is 11.5 Å². The van der Waals surface area contributed by atoms with Gasteiger partial charge in [-0.1, -0.05) is 43.7 Å². The zero-order chi connectivity index (χ0) is 17.0. The third-order valence-electron chi connectivity index (χ3n) is 4.11. The second kappa shape index (κ2) is 10.7. The van der Waals surface area contributed by atoms with Gasteiger partial charge in [0.1, 0.15) is 6.54 Å². The predicted octanol–water partition coefficient (Wildman–Crippen LogP) is 3.57. The second-order valence-electron chi connectivity index (χ2n) is 6.06. The van der Waals surface area contributed by atoms with Crippen LogP contribution in [0.2, 0.25) is 0 Å². The van der Waals surface area contributed by atoms with Crippen LogP contribution in [0.15, 0.2) is 48.5 Å². The minimum Gasteiger partial charge on any atom is -0.493 e. The van der Waals surface area contributed by atoms with Crippen molar-refractivity contribution < 1.29 is 14.8 Å². The van der Waals surface area contributed by atoms with Crippen LogP contribution in [0.3, 0.4) is 0 Å². The number of benzene rings is 2. The van der Waals surface area contributed by atoms with E-state index in [-0.39, 0.29) is 0 Å². The number of hydrogen-bond donors (Lipinski definition) is 1. The zero-order valence-electron chi connectivity index (χ0n) is 15.0. The maximum absolute atomic E-state index is 5.91. The molecule has 0 amide bonds. The highest BCUT2D eigenvalue weighted by Gasteiger charge is 2.07. The van der Waals surface area contributed by atoms with E-state index < -0.39 is 0 Å². The van der Waals surface area contributed by atoms with Gasteiger partial charge >= 0.3 is 0 Å². The molecule has 0 spiro atoms. The van der Waals surface area contributed by atoms with Crippen LogP contribution in [0.4, 0.5) is 0 Å². The SMILES string of the molecule is CCCCC[NH2+]Cc1ccc(OCCc2ccccc2)c(OC)c1. The minimum absolute atomic E-state index is 0.656. The molecule has 0 aliphatic carbocycles. The summed E-state index contributed by atoms with van der Waals surface area (Å²) >= 11 is 0. The van der Waals surface area contributed by atoms with E-state index in [9.17, 15) is 0 Å². The molecule has 24 heavy (non-hydrogen) atoms. The van der Waals surface area contributed by atoms with Crippen LogP contribution in [-0.2, 0) is 13.0 Å². The molecule has 2 rings (SSSR count). The monoisotopic (exact) mass is 328 g/mol. The topological polar surface area (TPSA) is 35.1 Å². The van der Waals surface area contributed by atoms with Crippen molar-refractivity contribution in [3.63, 3.8) is 0 Å². The lowest BCUT2D eigenvalue weighted by molar-refractivity contribution is -0.671. The molecule has 0 fully saturated rings. The Balaban J connectivity index is 1.82. The van der Waals surface area contributed by atoms with Gasteiger partial charge in [0.2, 0.25) is 0 Å².